The molecule has 128 valence electrons. The second kappa shape index (κ2) is 7.61. The van der Waals surface area contributed by atoms with Gasteiger partial charge in [-0.05, 0) is 38.1 Å². The summed E-state index contributed by atoms with van der Waals surface area (Å²) >= 11 is 0. The van der Waals surface area contributed by atoms with Crippen LogP contribution in [0.15, 0.2) is 53.2 Å². The van der Waals surface area contributed by atoms with Crippen LogP contribution >= 0.6 is 0 Å². The van der Waals surface area contributed by atoms with Crippen LogP contribution in [0.2, 0.25) is 0 Å². The van der Waals surface area contributed by atoms with E-state index in [0.29, 0.717) is 35.4 Å². The zero-order valence-electron chi connectivity index (χ0n) is 14.2. The van der Waals surface area contributed by atoms with Crippen LogP contribution in [-0.4, -0.2) is 22.5 Å². The van der Waals surface area contributed by atoms with Crippen molar-refractivity contribution in [1.29, 1.82) is 0 Å². The molecular weight excluding hydrogens is 318 g/mol. The van der Waals surface area contributed by atoms with E-state index in [1.807, 2.05) is 37.3 Å². The molecule has 6 heteroatoms. The minimum absolute atomic E-state index is 0.121. The van der Waals surface area contributed by atoms with Crippen molar-refractivity contribution in [3.63, 3.8) is 0 Å². The van der Waals surface area contributed by atoms with Gasteiger partial charge in [-0.1, -0.05) is 12.1 Å². The number of nitrogens with zero attached hydrogens (tertiary/aromatic N) is 2. The highest BCUT2D eigenvalue weighted by molar-refractivity contribution is 5.93. The lowest BCUT2D eigenvalue weighted by Crippen LogP contribution is -2.16. The summed E-state index contributed by atoms with van der Waals surface area (Å²) in [4.78, 5) is 20.8. The van der Waals surface area contributed by atoms with Gasteiger partial charge in [-0.3, -0.25) is 9.78 Å². The molecule has 3 rings (SSSR count). The van der Waals surface area contributed by atoms with E-state index in [9.17, 15) is 4.79 Å². The maximum atomic E-state index is 12.4. The maximum Gasteiger partial charge on any atom is 0.230 e. The van der Waals surface area contributed by atoms with Crippen LogP contribution < -0.4 is 10.1 Å². The third-order valence-electron chi connectivity index (χ3n) is 3.59. The molecule has 0 atom stereocenters. The van der Waals surface area contributed by atoms with Crippen LogP contribution in [0.5, 0.6) is 5.75 Å². The number of rotatable bonds is 6. The van der Waals surface area contributed by atoms with Crippen LogP contribution in [0.25, 0.3) is 11.5 Å². The molecule has 0 unspecified atom stereocenters. The Hall–Kier alpha value is -3.15. The summed E-state index contributed by atoms with van der Waals surface area (Å²) < 4.78 is 11.2. The van der Waals surface area contributed by atoms with Gasteiger partial charge in [-0.15, -0.1) is 0 Å². The van der Waals surface area contributed by atoms with Crippen molar-refractivity contribution < 1.29 is 13.9 Å². The van der Waals surface area contributed by atoms with E-state index in [2.05, 4.69) is 15.3 Å². The third-order valence-corrected chi connectivity index (χ3v) is 3.59. The van der Waals surface area contributed by atoms with E-state index in [0.717, 1.165) is 5.56 Å². The second-order valence-electron chi connectivity index (χ2n) is 5.42. The van der Waals surface area contributed by atoms with E-state index < -0.39 is 0 Å². The van der Waals surface area contributed by atoms with Gasteiger partial charge in [0.1, 0.15) is 11.5 Å². The first-order chi connectivity index (χ1) is 12.2. The molecule has 3 aromatic rings. The summed E-state index contributed by atoms with van der Waals surface area (Å²) in [5.74, 6) is 1.54. The first-order valence-electron chi connectivity index (χ1n) is 8.05. The van der Waals surface area contributed by atoms with Gasteiger partial charge >= 0.3 is 0 Å². The van der Waals surface area contributed by atoms with Gasteiger partial charge in [0.2, 0.25) is 11.8 Å². The molecule has 0 aliphatic rings. The Kier molecular flexibility index (Phi) is 5.09. The number of hydrogen-bond donors (Lipinski definition) is 1. The lowest BCUT2D eigenvalue weighted by atomic mass is 10.2. The van der Waals surface area contributed by atoms with Gasteiger partial charge in [-0.2, -0.15) is 0 Å². The van der Waals surface area contributed by atoms with Crippen molar-refractivity contribution in [3.05, 3.63) is 60.2 Å². The van der Waals surface area contributed by atoms with E-state index in [1.165, 1.54) is 0 Å². The lowest BCUT2D eigenvalue weighted by Gasteiger charge is -2.10. The number of hydrogen-bond acceptors (Lipinski definition) is 5. The average molecular weight is 337 g/mol. The van der Waals surface area contributed by atoms with Crippen molar-refractivity contribution >= 4 is 11.6 Å². The monoisotopic (exact) mass is 337 g/mol. The molecule has 1 N–H and O–H groups in total. The fraction of sp³-hybridized carbons (Fsp3) is 0.211. The molecule has 0 spiro atoms. The molecule has 25 heavy (non-hydrogen) atoms. The topological polar surface area (TPSA) is 77.2 Å². The quantitative estimate of drug-likeness (QED) is 0.743. The summed E-state index contributed by atoms with van der Waals surface area (Å²) in [6.07, 6.45) is 3.48. The van der Waals surface area contributed by atoms with Gasteiger partial charge in [0, 0.05) is 12.4 Å². The molecule has 6 nitrogen and oxygen atoms in total. The van der Waals surface area contributed by atoms with Gasteiger partial charge < -0.3 is 14.5 Å². The first kappa shape index (κ1) is 16.7. The van der Waals surface area contributed by atoms with Crippen molar-refractivity contribution in [2.24, 2.45) is 0 Å². The maximum absolute atomic E-state index is 12.4. The summed E-state index contributed by atoms with van der Waals surface area (Å²) in [5.41, 5.74) is 2.02. The number of aromatic nitrogens is 2. The van der Waals surface area contributed by atoms with E-state index in [4.69, 9.17) is 9.15 Å². The fourth-order valence-corrected chi connectivity index (χ4v) is 2.40. The number of carbonyl (C=O) groups is 1. The largest absolute Gasteiger partial charge is 0.492 e. The van der Waals surface area contributed by atoms with Crippen LogP contribution in [0, 0.1) is 6.92 Å². The molecule has 2 aromatic heterocycles. The van der Waals surface area contributed by atoms with Crippen molar-refractivity contribution in [2.75, 3.05) is 11.9 Å². The Bertz CT molecular complexity index is 859. The summed E-state index contributed by atoms with van der Waals surface area (Å²) in [6.45, 7) is 4.23. The number of oxazole rings is 1. The van der Waals surface area contributed by atoms with Crippen LogP contribution in [-0.2, 0) is 11.2 Å². The minimum Gasteiger partial charge on any atom is -0.492 e. The molecule has 0 radical (unpaired) electrons. The predicted molar refractivity (Wildman–Crippen MR) is 94.4 cm³/mol. The number of nitrogens with one attached hydrogen (secondary N) is 1. The van der Waals surface area contributed by atoms with Crippen molar-refractivity contribution in [3.8, 4) is 17.2 Å². The number of aryl methyl sites for hydroxylation is 1. The molecule has 1 amide bonds. The summed E-state index contributed by atoms with van der Waals surface area (Å²) in [7, 11) is 0. The molecule has 0 saturated carbocycles. The van der Waals surface area contributed by atoms with Gasteiger partial charge in [-0.25, -0.2) is 4.98 Å². The predicted octanol–water partition coefficient (Wildman–Crippen LogP) is 3.62. The lowest BCUT2D eigenvalue weighted by molar-refractivity contribution is -0.115. The van der Waals surface area contributed by atoms with Gasteiger partial charge in [0.05, 0.1) is 30.0 Å². The summed E-state index contributed by atoms with van der Waals surface area (Å²) in [5, 5.41) is 2.86. The SMILES string of the molecule is CCOc1ccccc1NC(=O)Cc1nc(-c2cccnc2)oc1C. The standard InChI is InChI=1S/C19H19N3O3/c1-3-24-17-9-5-4-8-15(17)21-18(23)11-16-13(2)25-19(22-16)14-7-6-10-20-12-14/h4-10,12H,3,11H2,1-2H3,(H,21,23). The second-order valence-corrected chi connectivity index (χ2v) is 5.42. The van der Waals surface area contributed by atoms with Crippen molar-refractivity contribution in [1.82, 2.24) is 9.97 Å². The van der Waals surface area contributed by atoms with Gasteiger partial charge in [0.25, 0.3) is 0 Å². The van der Waals surface area contributed by atoms with E-state index in [1.54, 1.807) is 25.4 Å². The highest BCUT2D eigenvalue weighted by atomic mass is 16.5. The molecular formula is C19H19N3O3. The number of amides is 1. The Labute approximate surface area is 145 Å². The minimum atomic E-state index is -0.179. The number of benzene rings is 1. The Balaban J connectivity index is 1.73. The normalized spacial score (nSPS) is 10.5. The Morgan fingerprint density at radius 3 is 2.84 bits per heavy atom. The molecule has 0 fully saturated rings. The van der Waals surface area contributed by atoms with Crippen molar-refractivity contribution in [2.45, 2.75) is 20.3 Å². The number of carbonyl (C=O) groups excluding carboxylic acids is 1. The Morgan fingerprint density at radius 2 is 2.08 bits per heavy atom. The average Bonchev–Trinajstić information content (AvgIpc) is 2.98. The molecule has 0 aliphatic heterocycles. The Morgan fingerprint density at radius 1 is 1.24 bits per heavy atom. The number of para-hydroxylation sites is 2. The number of pyridine rings is 1. The smallest absolute Gasteiger partial charge is 0.230 e. The highest BCUT2D eigenvalue weighted by Gasteiger charge is 2.16. The van der Waals surface area contributed by atoms with E-state index in [-0.39, 0.29) is 12.3 Å². The van der Waals surface area contributed by atoms with Crippen LogP contribution in [0.1, 0.15) is 18.4 Å². The zero-order valence-corrected chi connectivity index (χ0v) is 14.2. The first-order valence-corrected chi connectivity index (χ1v) is 8.05. The third kappa shape index (κ3) is 4.03. The zero-order chi connectivity index (χ0) is 17.6. The molecule has 0 bridgehead atoms. The van der Waals surface area contributed by atoms with Crippen LogP contribution in [0.4, 0.5) is 5.69 Å². The molecule has 1 aromatic carbocycles. The van der Waals surface area contributed by atoms with E-state index >= 15 is 0 Å². The van der Waals surface area contributed by atoms with Gasteiger partial charge in [0.15, 0.2) is 0 Å². The number of anilines is 1. The molecule has 2 heterocycles. The highest BCUT2D eigenvalue weighted by Crippen LogP contribution is 2.25. The fourth-order valence-electron chi connectivity index (χ4n) is 2.40. The summed E-state index contributed by atoms with van der Waals surface area (Å²) in [6, 6.07) is 11.0. The van der Waals surface area contributed by atoms with Crippen LogP contribution in [0.3, 0.4) is 0 Å². The molecule has 0 saturated heterocycles. The number of ether oxygens (including phenoxy) is 1. The molecule has 0 aliphatic carbocycles.